The van der Waals surface area contributed by atoms with Crippen LogP contribution in [0, 0.1) is 11.8 Å². The number of hydrogen-bond donors (Lipinski definition) is 5. The molecule has 232 valence electrons. The van der Waals surface area contributed by atoms with Crippen molar-refractivity contribution < 1.29 is 53.9 Å². The number of rotatable bonds is 6. The lowest BCUT2D eigenvalue weighted by molar-refractivity contribution is -0.181. The van der Waals surface area contributed by atoms with Gasteiger partial charge in [0.1, 0.15) is 34.5 Å². The third-order valence-corrected chi connectivity index (χ3v) is 8.19. The Bertz CT molecular complexity index is 1480. The number of phenols is 1. The third-order valence-electron chi connectivity index (χ3n) is 8.19. The Hall–Kier alpha value is -4.23. The minimum atomic E-state index is -3.05. The third kappa shape index (κ3) is 5.06. The summed E-state index contributed by atoms with van der Waals surface area (Å²) in [6, 6.07) is 2.93. The van der Waals surface area contributed by atoms with Crippen LogP contribution in [0.3, 0.4) is 0 Å². The van der Waals surface area contributed by atoms with Crippen molar-refractivity contribution in [1.82, 2.24) is 4.90 Å². The maximum absolute atomic E-state index is 13.9. The van der Waals surface area contributed by atoms with Crippen LogP contribution in [0.5, 0.6) is 5.75 Å². The zero-order valence-electron chi connectivity index (χ0n) is 24.7. The van der Waals surface area contributed by atoms with Crippen LogP contribution in [0.15, 0.2) is 40.9 Å². The van der Waals surface area contributed by atoms with Crippen molar-refractivity contribution in [2.24, 2.45) is 17.6 Å². The van der Waals surface area contributed by atoms with Gasteiger partial charge in [-0.15, -0.1) is 0 Å². The van der Waals surface area contributed by atoms with Crippen LogP contribution >= 0.6 is 0 Å². The number of benzene rings is 1. The molecule has 0 unspecified atom stereocenters. The molecule has 0 aliphatic heterocycles. The van der Waals surface area contributed by atoms with E-state index >= 15 is 0 Å². The second-order valence-electron chi connectivity index (χ2n) is 12.3. The van der Waals surface area contributed by atoms with E-state index in [1.165, 1.54) is 31.1 Å². The number of ketones is 2. The Kier molecular flexibility index (Phi) is 7.96. The molecular weight excluding hydrogens is 564 g/mol. The Morgan fingerprint density at radius 1 is 1.05 bits per heavy atom. The normalized spacial score (nSPS) is 28.7. The molecule has 6 N–H and O–H groups in total. The largest absolute Gasteiger partial charge is 0.510 e. The SMILES string of the molecule is C[C@H]1c2cccc(O)c2C(=O)C2=C(O)[C@]3(O)C(=O)C(C(N)=O)=C(O)[C@@H](N(C)C)[C@@H]3[C@@H](OC(=O)CCC(=O)OC(C)(C)C)[C@@H]21. The van der Waals surface area contributed by atoms with Gasteiger partial charge in [0.05, 0.1) is 30.4 Å². The van der Waals surface area contributed by atoms with Crippen molar-refractivity contribution in [2.75, 3.05) is 14.1 Å². The fourth-order valence-corrected chi connectivity index (χ4v) is 6.50. The number of fused-ring (bicyclic) bond motifs is 3. The highest BCUT2D eigenvalue weighted by Crippen LogP contribution is 2.56. The number of esters is 2. The Morgan fingerprint density at radius 2 is 1.65 bits per heavy atom. The zero-order chi connectivity index (χ0) is 32.3. The number of likely N-dealkylation sites (N-methyl/N-ethyl adjacent to an activating group) is 1. The van der Waals surface area contributed by atoms with Crippen molar-refractivity contribution in [2.45, 2.75) is 69.8 Å². The van der Waals surface area contributed by atoms with Crippen LogP contribution in [0.4, 0.5) is 0 Å². The number of hydrogen-bond acceptors (Lipinski definition) is 12. The summed E-state index contributed by atoms with van der Waals surface area (Å²) in [6.45, 7) is 6.62. The van der Waals surface area contributed by atoms with E-state index in [1.54, 1.807) is 33.8 Å². The summed E-state index contributed by atoms with van der Waals surface area (Å²) in [5.41, 5.74) is 0.228. The van der Waals surface area contributed by atoms with Gasteiger partial charge in [-0.3, -0.25) is 28.9 Å². The molecule has 0 saturated heterocycles. The fraction of sp³-hybridized carbons (Fsp3) is 0.500. The molecule has 0 radical (unpaired) electrons. The molecule has 0 spiro atoms. The van der Waals surface area contributed by atoms with Gasteiger partial charge in [0.15, 0.2) is 11.4 Å². The molecule has 1 aromatic carbocycles. The van der Waals surface area contributed by atoms with Crippen molar-refractivity contribution in [3.8, 4) is 5.75 Å². The van der Waals surface area contributed by atoms with Crippen LogP contribution < -0.4 is 5.73 Å². The number of primary amides is 1. The highest BCUT2D eigenvalue weighted by molar-refractivity contribution is 6.25. The summed E-state index contributed by atoms with van der Waals surface area (Å²) in [5, 5.41) is 45.3. The molecule has 3 aliphatic rings. The van der Waals surface area contributed by atoms with E-state index in [1.807, 2.05) is 0 Å². The Morgan fingerprint density at radius 3 is 2.21 bits per heavy atom. The molecule has 43 heavy (non-hydrogen) atoms. The lowest BCUT2D eigenvalue weighted by Crippen LogP contribution is -2.69. The Balaban J connectivity index is 1.92. The number of amides is 1. The average molecular weight is 601 g/mol. The van der Waals surface area contributed by atoms with E-state index in [4.69, 9.17) is 15.2 Å². The van der Waals surface area contributed by atoms with Crippen molar-refractivity contribution in [3.63, 3.8) is 0 Å². The number of carbonyl (C=O) groups excluding carboxylic acids is 5. The first-order valence-corrected chi connectivity index (χ1v) is 13.7. The van der Waals surface area contributed by atoms with Crippen LogP contribution in [0.1, 0.15) is 62.4 Å². The molecule has 13 nitrogen and oxygen atoms in total. The zero-order valence-corrected chi connectivity index (χ0v) is 24.7. The molecule has 0 heterocycles. The van der Waals surface area contributed by atoms with Gasteiger partial charge in [-0.2, -0.15) is 0 Å². The monoisotopic (exact) mass is 600 g/mol. The molecule has 1 aromatic rings. The number of aromatic hydroxyl groups is 1. The molecule has 4 rings (SSSR count). The lowest BCUT2D eigenvalue weighted by Gasteiger charge is -2.54. The first-order valence-electron chi connectivity index (χ1n) is 13.7. The van der Waals surface area contributed by atoms with Gasteiger partial charge in [-0.1, -0.05) is 19.1 Å². The van der Waals surface area contributed by atoms with Crippen LogP contribution in [-0.2, 0) is 28.7 Å². The average Bonchev–Trinajstić information content (AvgIpc) is 2.87. The molecule has 0 saturated carbocycles. The van der Waals surface area contributed by atoms with Gasteiger partial charge >= 0.3 is 11.9 Å². The molecule has 3 aliphatic carbocycles. The van der Waals surface area contributed by atoms with E-state index < -0.39 is 105 Å². The lowest BCUT2D eigenvalue weighted by atomic mass is 9.55. The predicted octanol–water partition coefficient (Wildman–Crippen LogP) is 1.33. The van der Waals surface area contributed by atoms with Gasteiger partial charge < -0.3 is 35.6 Å². The number of carbonyl (C=O) groups is 5. The van der Waals surface area contributed by atoms with Gasteiger partial charge in [-0.25, -0.2) is 0 Å². The summed E-state index contributed by atoms with van der Waals surface area (Å²) in [7, 11) is 2.91. The number of phenolic OH excluding ortho intramolecular Hbond substituents is 1. The maximum atomic E-state index is 13.9. The fourth-order valence-electron chi connectivity index (χ4n) is 6.50. The van der Waals surface area contributed by atoms with Crippen molar-refractivity contribution in [1.29, 1.82) is 0 Å². The minimum Gasteiger partial charge on any atom is -0.510 e. The quantitative estimate of drug-likeness (QED) is 0.231. The Labute approximate surface area is 247 Å². The van der Waals surface area contributed by atoms with E-state index in [2.05, 4.69) is 0 Å². The summed E-state index contributed by atoms with van der Waals surface area (Å²) in [5.74, 6) is -11.3. The van der Waals surface area contributed by atoms with Gasteiger partial charge in [0.25, 0.3) is 5.91 Å². The highest BCUT2D eigenvalue weighted by atomic mass is 16.6. The second kappa shape index (κ2) is 10.8. The van der Waals surface area contributed by atoms with E-state index in [9.17, 15) is 44.4 Å². The molecule has 0 fully saturated rings. The van der Waals surface area contributed by atoms with E-state index in [0.29, 0.717) is 5.56 Å². The van der Waals surface area contributed by atoms with Crippen molar-refractivity contribution in [3.05, 3.63) is 52.0 Å². The molecule has 6 atom stereocenters. The van der Waals surface area contributed by atoms with Crippen LogP contribution in [-0.4, -0.2) is 92.2 Å². The van der Waals surface area contributed by atoms with E-state index in [-0.39, 0.29) is 12.0 Å². The van der Waals surface area contributed by atoms with Gasteiger partial charge in [0.2, 0.25) is 5.78 Å². The molecule has 13 heteroatoms. The highest BCUT2D eigenvalue weighted by Gasteiger charge is 2.68. The van der Waals surface area contributed by atoms with Gasteiger partial charge in [-0.05, 0) is 52.4 Å². The second-order valence-corrected chi connectivity index (χ2v) is 12.3. The van der Waals surface area contributed by atoms with Crippen molar-refractivity contribution >= 4 is 29.4 Å². The topological polar surface area (TPSA) is 214 Å². The summed E-state index contributed by atoms with van der Waals surface area (Å²) in [6.07, 6.45) is -2.40. The summed E-state index contributed by atoms with van der Waals surface area (Å²) < 4.78 is 11.1. The first-order chi connectivity index (χ1) is 19.8. The number of ether oxygens (including phenoxy) is 2. The van der Waals surface area contributed by atoms with Crippen LogP contribution in [0.25, 0.3) is 0 Å². The van der Waals surface area contributed by atoms with E-state index in [0.717, 1.165) is 0 Å². The first kappa shape index (κ1) is 31.7. The number of aliphatic hydroxyl groups is 3. The molecule has 0 aromatic heterocycles. The molecule has 0 bridgehead atoms. The standard InChI is InChI=1S/C30H36N2O11/c1-12-13-8-7-9-14(33)18(13)23(36)19-17(12)25(42-15(34)10-11-16(35)43-29(2,3)4)21-22(32(5)6)24(37)20(28(31)40)27(39)30(21,41)26(19)38/h7-9,12,17,21-22,25,33,37-38,41H,10-11H2,1-6H3,(H2,31,40)/t12-,17+,21+,22-,25-,30-/m0/s1. The molecule has 1 amide bonds. The van der Waals surface area contributed by atoms with Crippen LogP contribution in [0.2, 0.25) is 0 Å². The number of aliphatic hydroxyl groups excluding tert-OH is 2. The number of Topliss-reactive ketones (excluding diaryl/α,β-unsaturated/α-hetero) is 2. The maximum Gasteiger partial charge on any atom is 0.306 e. The summed E-state index contributed by atoms with van der Waals surface area (Å²) >= 11 is 0. The minimum absolute atomic E-state index is 0.175. The number of nitrogens with zero attached hydrogens (tertiary/aromatic N) is 1. The molecular formula is C30H36N2O11. The van der Waals surface area contributed by atoms with Gasteiger partial charge in [0, 0.05) is 11.5 Å². The number of nitrogens with two attached hydrogens (primary N) is 1. The smallest absolute Gasteiger partial charge is 0.306 e. The predicted molar refractivity (Wildman–Crippen MR) is 149 cm³/mol. The summed E-state index contributed by atoms with van der Waals surface area (Å²) in [4.78, 5) is 66.8.